The molecule has 0 fully saturated rings. The van der Waals surface area contributed by atoms with E-state index in [9.17, 15) is 4.79 Å². The molecule has 1 amide bonds. The molecular weight excluding hydrogens is 464 g/mol. The van der Waals surface area contributed by atoms with Crippen molar-refractivity contribution in [3.8, 4) is 22.3 Å². The maximum Gasteiger partial charge on any atom is 0.255 e. The highest BCUT2D eigenvalue weighted by molar-refractivity contribution is 6.04. The van der Waals surface area contributed by atoms with Gasteiger partial charge >= 0.3 is 0 Å². The highest BCUT2D eigenvalue weighted by atomic mass is 35.5. The van der Waals surface area contributed by atoms with Crippen LogP contribution in [0.2, 0.25) is 0 Å². The number of nitrogens with zero attached hydrogens (tertiary/aromatic N) is 1. The van der Waals surface area contributed by atoms with E-state index < -0.39 is 0 Å². The number of anilines is 1. The monoisotopic (exact) mass is 496 g/mol. The lowest BCUT2D eigenvalue weighted by Crippen LogP contribution is -2.26. The Hall–Kier alpha value is -3.40. The van der Waals surface area contributed by atoms with Crippen molar-refractivity contribution in [2.45, 2.75) is 19.3 Å². The van der Waals surface area contributed by atoms with Gasteiger partial charge in [-0.1, -0.05) is 72.8 Å². The fraction of sp³-hybridized carbons (Fsp3) is 0.219. The van der Waals surface area contributed by atoms with Gasteiger partial charge in [0, 0.05) is 17.8 Å². The molecule has 1 atom stereocenters. The third kappa shape index (κ3) is 6.04. The number of fused-ring (bicyclic) bond motifs is 1. The minimum atomic E-state index is -0.0720. The minimum absolute atomic E-state index is 0. The largest absolute Gasteiger partial charge is 0.322 e. The summed E-state index contributed by atoms with van der Waals surface area (Å²) in [6.45, 7) is 1.13. The van der Waals surface area contributed by atoms with E-state index >= 15 is 0 Å². The number of nitrogens with one attached hydrogen (secondary N) is 1. The van der Waals surface area contributed by atoms with Crippen LogP contribution in [0, 0.1) is 5.92 Å². The van der Waals surface area contributed by atoms with Crippen molar-refractivity contribution < 1.29 is 4.79 Å². The summed E-state index contributed by atoms with van der Waals surface area (Å²) in [6, 6.07) is 33.2. The second kappa shape index (κ2) is 11.6. The number of halogens is 1. The van der Waals surface area contributed by atoms with Gasteiger partial charge < -0.3 is 10.2 Å². The topological polar surface area (TPSA) is 32.3 Å². The molecule has 0 aliphatic heterocycles. The molecule has 1 N–H and O–H groups in total. The fourth-order valence-electron chi connectivity index (χ4n) is 5.08. The number of carbonyl (C=O) groups is 1. The molecule has 36 heavy (non-hydrogen) atoms. The standard InChI is InChI=1S/C32H32N2O.ClH/c1-34(2)22-23-8-9-30-21-31(19-18-29(30)20-23)33-32(35)28-16-14-27(15-17-28)26-12-10-25(11-13-26)24-6-4-3-5-7-24;/h3-7,10-19,21,23H,8-9,20,22H2,1-2H3,(H,33,35);1H. The van der Waals surface area contributed by atoms with Crippen LogP contribution in [0.3, 0.4) is 0 Å². The van der Waals surface area contributed by atoms with Crippen LogP contribution >= 0.6 is 12.4 Å². The number of hydrogen-bond donors (Lipinski definition) is 1. The van der Waals surface area contributed by atoms with Crippen molar-refractivity contribution in [2.75, 3.05) is 26.0 Å². The van der Waals surface area contributed by atoms with E-state index in [0.717, 1.165) is 36.2 Å². The fourth-order valence-corrected chi connectivity index (χ4v) is 5.08. The normalized spacial score (nSPS) is 14.6. The molecule has 0 aromatic heterocycles. The summed E-state index contributed by atoms with van der Waals surface area (Å²) in [5, 5.41) is 3.09. The summed E-state index contributed by atoms with van der Waals surface area (Å²) in [5.41, 5.74) is 8.97. The second-order valence-electron chi connectivity index (χ2n) is 9.83. The predicted octanol–water partition coefficient (Wildman–Crippen LogP) is 7.36. The molecule has 0 spiro atoms. The molecule has 0 saturated carbocycles. The SMILES string of the molecule is CN(C)CC1CCc2cc(NC(=O)c3ccc(-c4ccc(-c5ccccc5)cc4)cc3)ccc2C1.Cl. The highest BCUT2D eigenvalue weighted by Crippen LogP contribution is 2.29. The quantitative estimate of drug-likeness (QED) is 0.302. The van der Waals surface area contributed by atoms with Crippen molar-refractivity contribution >= 4 is 24.0 Å². The first kappa shape index (κ1) is 25.7. The Kier molecular flexibility index (Phi) is 8.25. The Bertz CT molecular complexity index is 1300. The smallest absolute Gasteiger partial charge is 0.255 e. The van der Waals surface area contributed by atoms with E-state index in [1.807, 2.05) is 36.4 Å². The van der Waals surface area contributed by atoms with Crippen molar-refractivity contribution in [1.82, 2.24) is 4.90 Å². The number of carbonyl (C=O) groups excluding carboxylic acids is 1. The van der Waals surface area contributed by atoms with Gasteiger partial charge in [0.2, 0.25) is 0 Å². The maximum absolute atomic E-state index is 12.9. The van der Waals surface area contributed by atoms with Gasteiger partial charge in [-0.05, 0) is 96.9 Å². The molecule has 4 aromatic rings. The lowest BCUT2D eigenvalue weighted by Gasteiger charge is -2.27. The first-order valence-corrected chi connectivity index (χ1v) is 12.4. The number of rotatable bonds is 6. The van der Waals surface area contributed by atoms with E-state index in [4.69, 9.17) is 0 Å². The van der Waals surface area contributed by atoms with Crippen molar-refractivity contribution in [3.05, 3.63) is 114 Å². The van der Waals surface area contributed by atoms with Gasteiger partial charge in [-0.25, -0.2) is 0 Å². The van der Waals surface area contributed by atoms with E-state index in [-0.39, 0.29) is 18.3 Å². The third-order valence-electron chi connectivity index (χ3n) is 6.89. The summed E-state index contributed by atoms with van der Waals surface area (Å²) in [7, 11) is 4.28. The van der Waals surface area contributed by atoms with E-state index in [1.165, 1.54) is 28.7 Å². The molecule has 4 heteroatoms. The van der Waals surface area contributed by atoms with Crippen LogP contribution in [0.4, 0.5) is 5.69 Å². The molecule has 0 heterocycles. The predicted molar refractivity (Wildman–Crippen MR) is 153 cm³/mol. The zero-order chi connectivity index (χ0) is 24.2. The molecule has 3 nitrogen and oxygen atoms in total. The Morgan fingerprint density at radius 2 is 1.36 bits per heavy atom. The highest BCUT2D eigenvalue weighted by Gasteiger charge is 2.19. The van der Waals surface area contributed by atoms with Gasteiger partial charge in [-0.15, -0.1) is 12.4 Å². The summed E-state index contributed by atoms with van der Waals surface area (Å²) in [5.74, 6) is 0.642. The van der Waals surface area contributed by atoms with Gasteiger partial charge in [0.1, 0.15) is 0 Å². The maximum atomic E-state index is 12.9. The molecule has 0 radical (unpaired) electrons. The Balaban J connectivity index is 0.00000304. The van der Waals surface area contributed by atoms with Gasteiger partial charge in [0.15, 0.2) is 0 Å². The van der Waals surface area contributed by atoms with Crippen LogP contribution in [0.5, 0.6) is 0 Å². The van der Waals surface area contributed by atoms with Gasteiger partial charge in [-0.2, -0.15) is 0 Å². The van der Waals surface area contributed by atoms with Crippen LogP contribution < -0.4 is 5.32 Å². The number of benzene rings is 4. The number of hydrogen-bond acceptors (Lipinski definition) is 2. The molecular formula is C32H33ClN2O. The van der Waals surface area contributed by atoms with Crippen LogP contribution in [-0.4, -0.2) is 31.4 Å². The lowest BCUT2D eigenvalue weighted by molar-refractivity contribution is 0.102. The Labute approximate surface area is 220 Å². The van der Waals surface area contributed by atoms with Crippen molar-refractivity contribution in [2.24, 2.45) is 5.92 Å². The third-order valence-corrected chi connectivity index (χ3v) is 6.89. The number of amides is 1. The van der Waals surface area contributed by atoms with Crippen molar-refractivity contribution in [3.63, 3.8) is 0 Å². The summed E-state index contributed by atoms with van der Waals surface area (Å²) >= 11 is 0. The summed E-state index contributed by atoms with van der Waals surface area (Å²) < 4.78 is 0. The zero-order valence-corrected chi connectivity index (χ0v) is 21.7. The second-order valence-corrected chi connectivity index (χ2v) is 9.83. The van der Waals surface area contributed by atoms with Gasteiger partial charge in [0.05, 0.1) is 0 Å². The van der Waals surface area contributed by atoms with Crippen LogP contribution in [0.25, 0.3) is 22.3 Å². The molecule has 1 aliphatic carbocycles. The van der Waals surface area contributed by atoms with E-state index in [1.54, 1.807) is 0 Å². The first-order valence-electron chi connectivity index (χ1n) is 12.4. The van der Waals surface area contributed by atoms with Gasteiger partial charge in [-0.3, -0.25) is 4.79 Å². The zero-order valence-electron chi connectivity index (χ0n) is 20.9. The first-order chi connectivity index (χ1) is 17.0. The van der Waals surface area contributed by atoms with E-state index in [0.29, 0.717) is 11.5 Å². The average Bonchev–Trinajstić information content (AvgIpc) is 2.89. The van der Waals surface area contributed by atoms with E-state index in [2.05, 4.69) is 85.0 Å². The molecule has 184 valence electrons. The van der Waals surface area contributed by atoms with Crippen LogP contribution in [-0.2, 0) is 12.8 Å². The molecule has 1 aliphatic rings. The molecule has 0 bridgehead atoms. The molecule has 5 rings (SSSR count). The van der Waals surface area contributed by atoms with Gasteiger partial charge in [0.25, 0.3) is 5.91 Å². The lowest BCUT2D eigenvalue weighted by atomic mass is 9.83. The Morgan fingerprint density at radius 3 is 1.97 bits per heavy atom. The molecule has 1 unspecified atom stereocenters. The summed E-state index contributed by atoms with van der Waals surface area (Å²) in [6.07, 6.45) is 3.40. The Morgan fingerprint density at radius 1 is 0.778 bits per heavy atom. The minimum Gasteiger partial charge on any atom is -0.322 e. The molecule has 0 saturated heterocycles. The summed E-state index contributed by atoms with van der Waals surface area (Å²) in [4.78, 5) is 15.2. The van der Waals surface area contributed by atoms with Crippen LogP contribution in [0.15, 0.2) is 97.1 Å². The van der Waals surface area contributed by atoms with Crippen LogP contribution in [0.1, 0.15) is 27.9 Å². The van der Waals surface area contributed by atoms with Crippen molar-refractivity contribution in [1.29, 1.82) is 0 Å². The number of aryl methyl sites for hydroxylation is 1. The molecule has 4 aromatic carbocycles. The average molecular weight is 497 g/mol.